The van der Waals surface area contributed by atoms with Gasteiger partial charge in [-0.3, -0.25) is 0 Å². The number of nitrogens with one attached hydrogen (secondary N) is 1. The van der Waals surface area contributed by atoms with Crippen LogP contribution in [0.1, 0.15) is 37.9 Å². The molecule has 0 aliphatic heterocycles. The van der Waals surface area contributed by atoms with Crippen molar-refractivity contribution in [2.45, 2.75) is 33.1 Å². The third-order valence-electron chi connectivity index (χ3n) is 2.74. The van der Waals surface area contributed by atoms with E-state index in [1.807, 2.05) is 0 Å². The Morgan fingerprint density at radius 1 is 1.21 bits per heavy atom. The maximum atomic E-state index is 3.45. The van der Waals surface area contributed by atoms with Crippen LogP contribution >= 0.6 is 0 Å². The smallest absolute Gasteiger partial charge is 0.0456 e. The summed E-state index contributed by atoms with van der Waals surface area (Å²) in [5, 5.41) is 1.34. The molecule has 1 N–H and O–H groups in total. The van der Waals surface area contributed by atoms with Crippen LogP contribution in [0.25, 0.3) is 10.9 Å². The summed E-state index contributed by atoms with van der Waals surface area (Å²) in [6.07, 6.45) is 1.11. The number of aromatic amines is 1. The molecule has 0 radical (unpaired) electrons. The minimum atomic E-state index is 0.576. The van der Waals surface area contributed by atoms with Gasteiger partial charge < -0.3 is 4.98 Å². The van der Waals surface area contributed by atoms with Crippen molar-refractivity contribution in [3.63, 3.8) is 0 Å². The van der Waals surface area contributed by atoms with Crippen molar-refractivity contribution >= 4 is 10.9 Å². The molecule has 0 fully saturated rings. The van der Waals surface area contributed by atoms with Crippen LogP contribution in [-0.4, -0.2) is 4.98 Å². The van der Waals surface area contributed by atoms with E-state index < -0.39 is 0 Å². The van der Waals surface area contributed by atoms with Gasteiger partial charge in [0.1, 0.15) is 0 Å². The van der Waals surface area contributed by atoms with E-state index in [4.69, 9.17) is 0 Å². The van der Waals surface area contributed by atoms with E-state index in [0.29, 0.717) is 5.92 Å². The van der Waals surface area contributed by atoms with Gasteiger partial charge in [-0.2, -0.15) is 0 Å². The molecule has 1 aromatic heterocycles. The lowest BCUT2D eigenvalue weighted by Gasteiger charge is -1.97. The van der Waals surface area contributed by atoms with Gasteiger partial charge in [0.25, 0.3) is 0 Å². The zero-order valence-corrected chi connectivity index (χ0v) is 9.09. The molecular weight excluding hydrogens is 170 g/mol. The highest BCUT2D eigenvalue weighted by Gasteiger charge is 2.04. The van der Waals surface area contributed by atoms with Crippen molar-refractivity contribution in [3.8, 4) is 0 Å². The zero-order valence-electron chi connectivity index (χ0n) is 9.09. The predicted molar refractivity (Wildman–Crippen MR) is 61.8 cm³/mol. The predicted octanol–water partition coefficient (Wildman–Crippen LogP) is 3.85. The van der Waals surface area contributed by atoms with Crippen molar-refractivity contribution in [3.05, 3.63) is 35.5 Å². The first-order valence-electron chi connectivity index (χ1n) is 5.32. The van der Waals surface area contributed by atoms with Crippen LogP contribution in [0.4, 0.5) is 0 Å². The van der Waals surface area contributed by atoms with Gasteiger partial charge in [-0.05, 0) is 41.5 Å². The molecule has 0 unspecified atom stereocenters. The molecule has 14 heavy (non-hydrogen) atoms. The van der Waals surface area contributed by atoms with Gasteiger partial charge in [-0.15, -0.1) is 0 Å². The fourth-order valence-corrected chi connectivity index (χ4v) is 1.74. The van der Waals surface area contributed by atoms with E-state index >= 15 is 0 Å². The monoisotopic (exact) mass is 187 g/mol. The standard InChI is InChI=1S/C13H17N/c1-4-10-5-6-12-11(7-10)8-13(14-12)9(2)3/h5-9,14H,4H2,1-3H3. The minimum absolute atomic E-state index is 0.576. The SMILES string of the molecule is CCc1ccc2[nH]c(C(C)C)cc2c1. The molecule has 74 valence electrons. The maximum absolute atomic E-state index is 3.45. The molecule has 0 atom stereocenters. The van der Waals surface area contributed by atoms with Crippen molar-refractivity contribution in [1.29, 1.82) is 0 Å². The summed E-state index contributed by atoms with van der Waals surface area (Å²) < 4.78 is 0. The van der Waals surface area contributed by atoms with Gasteiger partial charge in [0.2, 0.25) is 0 Å². The Morgan fingerprint density at radius 2 is 2.00 bits per heavy atom. The van der Waals surface area contributed by atoms with E-state index in [2.05, 4.69) is 50.0 Å². The number of rotatable bonds is 2. The second-order valence-corrected chi connectivity index (χ2v) is 4.15. The molecule has 1 heteroatoms. The van der Waals surface area contributed by atoms with Crippen LogP contribution in [0.5, 0.6) is 0 Å². The summed E-state index contributed by atoms with van der Waals surface area (Å²) in [7, 11) is 0. The highest BCUT2D eigenvalue weighted by atomic mass is 14.7. The van der Waals surface area contributed by atoms with Gasteiger partial charge in [0.15, 0.2) is 0 Å². The average molecular weight is 187 g/mol. The number of benzene rings is 1. The third kappa shape index (κ3) is 1.54. The highest BCUT2D eigenvalue weighted by molar-refractivity contribution is 5.81. The van der Waals surface area contributed by atoms with Crippen LogP contribution in [0.3, 0.4) is 0 Å². The molecule has 1 aromatic carbocycles. The maximum Gasteiger partial charge on any atom is 0.0456 e. The molecule has 0 spiro atoms. The number of H-pyrrole nitrogens is 1. The van der Waals surface area contributed by atoms with Crippen LogP contribution in [-0.2, 0) is 6.42 Å². The van der Waals surface area contributed by atoms with Gasteiger partial charge in [-0.1, -0.05) is 26.8 Å². The first kappa shape index (κ1) is 9.32. The van der Waals surface area contributed by atoms with Crippen LogP contribution < -0.4 is 0 Å². The van der Waals surface area contributed by atoms with Gasteiger partial charge in [0, 0.05) is 11.2 Å². The topological polar surface area (TPSA) is 15.8 Å². The average Bonchev–Trinajstić information content (AvgIpc) is 2.59. The van der Waals surface area contributed by atoms with Crippen molar-refractivity contribution in [1.82, 2.24) is 4.98 Å². The highest BCUT2D eigenvalue weighted by Crippen LogP contribution is 2.22. The Labute approximate surface area is 85.1 Å². The molecular formula is C13H17N. The number of aromatic nitrogens is 1. The first-order chi connectivity index (χ1) is 6.70. The lowest BCUT2D eigenvalue weighted by molar-refractivity contribution is 0.836. The fraction of sp³-hybridized carbons (Fsp3) is 0.385. The Bertz CT molecular complexity index is 437. The van der Waals surface area contributed by atoms with E-state index in [1.165, 1.54) is 22.2 Å². The molecule has 0 bridgehead atoms. The van der Waals surface area contributed by atoms with Crippen molar-refractivity contribution < 1.29 is 0 Å². The molecule has 0 amide bonds. The second-order valence-electron chi connectivity index (χ2n) is 4.15. The van der Waals surface area contributed by atoms with Crippen LogP contribution in [0.2, 0.25) is 0 Å². The molecule has 0 saturated heterocycles. The second kappa shape index (κ2) is 3.49. The van der Waals surface area contributed by atoms with E-state index in [1.54, 1.807) is 0 Å². The van der Waals surface area contributed by atoms with E-state index in [-0.39, 0.29) is 0 Å². The summed E-state index contributed by atoms with van der Waals surface area (Å²) in [5.74, 6) is 0.576. The molecule has 1 nitrogen and oxygen atoms in total. The first-order valence-corrected chi connectivity index (χ1v) is 5.32. The summed E-state index contributed by atoms with van der Waals surface area (Å²) in [5.41, 5.74) is 3.99. The Hall–Kier alpha value is -1.24. The normalized spacial score (nSPS) is 11.4. The molecule has 0 aliphatic carbocycles. The van der Waals surface area contributed by atoms with Gasteiger partial charge >= 0.3 is 0 Å². The largest absolute Gasteiger partial charge is 0.358 e. The molecule has 2 rings (SSSR count). The van der Waals surface area contributed by atoms with E-state index in [0.717, 1.165) is 6.42 Å². The number of aryl methyl sites for hydroxylation is 1. The molecule has 2 aromatic rings. The molecule has 0 aliphatic rings. The lowest BCUT2D eigenvalue weighted by Crippen LogP contribution is -1.84. The third-order valence-corrected chi connectivity index (χ3v) is 2.74. The number of fused-ring (bicyclic) bond motifs is 1. The van der Waals surface area contributed by atoms with Crippen LogP contribution in [0, 0.1) is 0 Å². The summed E-state index contributed by atoms with van der Waals surface area (Å²) in [6.45, 7) is 6.62. The van der Waals surface area contributed by atoms with Crippen molar-refractivity contribution in [2.75, 3.05) is 0 Å². The quantitative estimate of drug-likeness (QED) is 0.735. The number of hydrogen-bond acceptors (Lipinski definition) is 0. The fourth-order valence-electron chi connectivity index (χ4n) is 1.74. The number of hydrogen-bond donors (Lipinski definition) is 1. The zero-order chi connectivity index (χ0) is 10.1. The summed E-state index contributed by atoms with van der Waals surface area (Å²) in [4.78, 5) is 3.45. The molecule has 0 saturated carbocycles. The molecule has 1 heterocycles. The minimum Gasteiger partial charge on any atom is -0.358 e. The Balaban J connectivity index is 2.54. The van der Waals surface area contributed by atoms with E-state index in [9.17, 15) is 0 Å². The lowest BCUT2D eigenvalue weighted by atomic mass is 10.1. The Kier molecular flexibility index (Phi) is 2.32. The van der Waals surface area contributed by atoms with Gasteiger partial charge in [0.05, 0.1) is 0 Å². The van der Waals surface area contributed by atoms with Crippen molar-refractivity contribution in [2.24, 2.45) is 0 Å². The summed E-state index contributed by atoms with van der Waals surface area (Å²) >= 11 is 0. The Morgan fingerprint density at radius 3 is 2.64 bits per heavy atom. The van der Waals surface area contributed by atoms with Gasteiger partial charge in [-0.25, -0.2) is 0 Å². The summed E-state index contributed by atoms with van der Waals surface area (Å²) in [6, 6.07) is 8.92. The van der Waals surface area contributed by atoms with Crippen LogP contribution in [0.15, 0.2) is 24.3 Å².